The monoisotopic (exact) mass is 175 g/mol. The average molecular weight is 175 g/mol. The highest BCUT2D eigenvalue weighted by atomic mass is 16.4. The minimum Gasteiger partial charge on any atom is -0.422 e. The van der Waals surface area contributed by atoms with Crippen molar-refractivity contribution in [2.45, 2.75) is 6.92 Å². The molecule has 0 saturated carbocycles. The third-order valence-corrected chi connectivity index (χ3v) is 2.08. The van der Waals surface area contributed by atoms with Crippen LogP contribution >= 0.6 is 0 Å². The molecule has 66 valence electrons. The number of aryl methyl sites for hydroxylation is 1. The van der Waals surface area contributed by atoms with Crippen LogP contribution in [0.5, 0.6) is 0 Å². The Morgan fingerprint density at radius 2 is 2.00 bits per heavy atom. The van der Waals surface area contributed by atoms with Crippen molar-refractivity contribution in [2.24, 2.45) is 0 Å². The van der Waals surface area contributed by atoms with Gasteiger partial charge in [-0.15, -0.1) is 0 Å². The van der Waals surface area contributed by atoms with Gasteiger partial charge in [0.2, 0.25) is 0 Å². The highest BCUT2D eigenvalue weighted by Crippen LogP contribution is 2.12. The Labute approximate surface area is 76.2 Å². The smallest absolute Gasteiger partial charge is 0.422 e. The number of benzene rings is 1. The van der Waals surface area contributed by atoms with E-state index in [9.17, 15) is 0 Å². The lowest BCUT2D eigenvalue weighted by molar-refractivity contribution is 0.424. The number of hydrogen-bond acceptors (Lipinski definition) is 2. The number of rotatable bonds is 1. The van der Waals surface area contributed by atoms with E-state index in [-0.39, 0.29) is 0 Å². The molecule has 13 heavy (non-hydrogen) atoms. The van der Waals surface area contributed by atoms with E-state index < -0.39 is 7.12 Å². The zero-order valence-corrected chi connectivity index (χ0v) is 7.28. The van der Waals surface area contributed by atoms with Crippen molar-refractivity contribution >= 4 is 23.6 Å². The fourth-order valence-corrected chi connectivity index (χ4v) is 1.41. The van der Waals surface area contributed by atoms with Gasteiger partial charge in [-0.05, 0) is 30.5 Å². The third-order valence-electron chi connectivity index (χ3n) is 2.08. The largest absolute Gasteiger partial charge is 0.505 e. The summed E-state index contributed by atoms with van der Waals surface area (Å²) in [6, 6.07) is 7.65. The molecule has 0 aliphatic carbocycles. The van der Waals surface area contributed by atoms with Crippen molar-refractivity contribution in [2.75, 3.05) is 0 Å². The molecule has 0 amide bonds. The molecule has 2 aromatic rings. The summed E-state index contributed by atoms with van der Waals surface area (Å²) >= 11 is 0. The Bertz CT molecular complexity index is 436. The summed E-state index contributed by atoms with van der Waals surface area (Å²) in [7, 11) is -1.42. The summed E-state index contributed by atoms with van der Waals surface area (Å²) in [6.07, 6.45) is 0. The van der Waals surface area contributed by atoms with Gasteiger partial charge in [-0.3, -0.25) is 0 Å². The van der Waals surface area contributed by atoms with Gasteiger partial charge >= 0.3 is 7.12 Å². The molecule has 0 aliphatic rings. The maximum atomic E-state index is 8.92. The highest BCUT2D eigenvalue weighted by Gasteiger charge is 2.13. The van der Waals surface area contributed by atoms with E-state index in [0.29, 0.717) is 5.59 Å². The van der Waals surface area contributed by atoms with E-state index >= 15 is 0 Å². The number of fused-ring (bicyclic) bond motifs is 1. The third kappa shape index (κ3) is 1.46. The minimum atomic E-state index is -1.42. The van der Waals surface area contributed by atoms with Crippen LogP contribution in [0, 0.1) is 6.92 Å². The lowest BCUT2D eigenvalue weighted by Crippen LogP contribution is -2.30. The Morgan fingerprint density at radius 3 is 2.69 bits per heavy atom. The van der Waals surface area contributed by atoms with Gasteiger partial charge in [0.05, 0.1) is 0 Å². The van der Waals surface area contributed by atoms with Crippen molar-refractivity contribution in [1.82, 2.24) is 4.98 Å². The molecule has 1 aromatic carbocycles. The lowest BCUT2D eigenvalue weighted by Gasteiger charge is -1.91. The number of hydrogen-bond donors (Lipinski definition) is 3. The first kappa shape index (κ1) is 8.35. The Morgan fingerprint density at radius 1 is 1.23 bits per heavy atom. The van der Waals surface area contributed by atoms with Gasteiger partial charge in [0.1, 0.15) is 0 Å². The first-order chi connectivity index (χ1) is 6.16. The fourth-order valence-electron chi connectivity index (χ4n) is 1.41. The van der Waals surface area contributed by atoms with Crippen molar-refractivity contribution < 1.29 is 10.0 Å². The van der Waals surface area contributed by atoms with Crippen LogP contribution in [0.25, 0.3) is 10.9 Å². The molecule has 1 aromatic heterocycles. The second kappa shape index (κ2) is 2.90. The van der Waals surface area contributed by atoms with Crippen LogP contribution in [0.3, 0.4) is 0 Å². The molecule has 0 aliphatic heterocycles. The van der Waals surface area contributed by atoms with E-state index in [1.165, 1.54) is 0 Å². The zero-order valence-electron chi connectivity index (χ0n) is 7.28. The van der Waals surface area contributed by atoms with Crippen LogP contribution in [0.2, 0.25) is 0 Å². The average Bonchev–Trinajstić information content (AvgIpc) is 2.46. The SMILES string of the molecule is Cc1ccc2[nH]c(B(O)O)cc2c1. The maximum Gasteiger partial charge on any atom is 0.505 e. The van der Waals surface area contributed by atoms with E-state index in [0.717, 1.165) is 16.5 Å². The van der Waals surface area contributed by atoms with E-state index in [1.807, 2.05) is 25.1 Å². The van der Waals surface area contributed by atoms with Crippen LogP contribution in [0.1, 0.15) is 5.56 Å². The second-order valence-electron chi connectivity index (χ2n) is 3.19. The molecule has 3 N–H and O–H groups in total. The molecular weight excluding hydrogens is 165 g/mol. The predicted molar refractivity (Wildman–Crippen MR) is 52.9 cm³/mol. The molecule has 0 spiro atoms. The molecule has 1 heterocycles. The Kier molecular flexibility index (Phi) is 1.86. The summed E-state index contributed by atoms with van der Waals surface area (Å²) in [5.41, 5.74) is 2.51. The maximum absolute atomic E-state index is 8.92. The van der Waals surface area contributed by atoms with Gasteiger partial charge in [0.15, 0.2) is 0 Å². The Hall–Kier alpha value is -1.26. The van der Waals surface area contributed by atoms with Crippen LogP contribution in [0.4, 0.5) is 0 Å². The molecule has 0 atom stereocenters. The highest BCUT2D eigenvalue weighted by molar-refractivity contribution is 6.58. The second-order valence-corrected chi connectivity index (χ2v) is 3.19. The van der Waals surface area contributed by atoms with Crippen molar-refractivity contribution in [3.63, 3.8) is 0 Å². The summed E-state index contributed by atoms with van der Waals surface area (Å²) in [4.78, 5) is 2.92. The normalized spacial score (nSPS) is 10.7. The summed E-state index contributed by atoms with van der Waals surface area (Å²) < 4.78 is 0. The molecule has 0 fully saturated rings. The van der Waals surface area contributed by atoms with E-state index in [4.69, 9.17) is 10.0 Å². The molecule has 0 bridgehead atoms. The molecule has 0 unspecified atom stereocenters. The summed E-state index contributed by atoms with van der Waals surface area (Å²) in [5.74, 6) is 0. The first-order valence-corrected chi connectivity index (χ1v) is 4.12. The number of H-pyrrole nitrogens is 1. The van der Waals surface area contributed by atoms with Crippen molar-refractivity contribution in [3.8, 4) is 0 Å². The van der Waals surface area contributed by atoms with Crippen molar-refractivity contribution in [3.05, 3.63) is 29.8 Å². The molecule has 4 heteroatoms. The van der Waals surface area contributed by atoms with Crippen LogP contribution < -0.4 is 5.59 Å². The zero-order chi connectivity index (χ0) is 9.42. The lowest BCUT2D eigenvalue weighted by atomic mass is 9.86. The van der Waals surface area contributed by atoms with Crippen LogP contribution in [-0.4, -0.2) is 22.2 Å². The van der Waals surface area contributed by atoms with Gasteiger partial charge in [0, 0.05) is 11.1 Å². The van der Waals surface area contributed by atoms with Gasteiger partial charge < -0.3 is 15.0 Å². The topological polar surface area (TPSA) is 56.2 Å². The summed E-state index contributed by atoms with van der Waals surface area (Å²) in [6.45, 7) is 2.00. The fraction of sp³-hybridized carbons (Fsp3) is 0.111. The summed E-state index contributed by atoms with van der Waals surface area (Å²) in [5, 5.41) is 18.8. The van der Waals surface area contributed by atoms with E-state index in [1.54, 1.807) is 6.07 Å². The minimum absolute atomic E-state index is 0.431. The predicted octanol–water partition coefficient (Wildman–Crippen LogP) is 0.156. The number of nitrogens with one attached hydrogen (secondary N) is 1. The van der Waals surface area contributed by atoms with Crippen LogP contribution in [-0.2, 0) is 0 Å². The van der Waals surface area contributed by atoms with Gasteiger partial charge in [0.25, 0.3) is 0 Å². The van der Waals surface area contributed by atoms with Gasteiger partial charge in [-0.1, -0.05) is 11.6 Å². The van der Waals surface area contributed by atoms with Crippen LogP contribution in [0.15, 0.2) is 24.3 Å². The quantitative estimate of drug-likeness (QED) is 0.540. The number of aromatic amines is 1. The standard InChI is InChI=1S/C9H10BNO2/c1-6-2-3-8-7(4-6)5-9(11-8)10(12)13/h2-5,11-13H,1H3. The Balaban J connectivity index is 2.62. The molecular formula is C9H10BNO2. The molecule has 0 radical (unpaired) electrons. The van der Waals surface area contributed by atoms with E-state index in [2.05, 4.69) is 4.98 Å². The molecule has 3 nitrogen and oxygen atoms in total. The first-order valence-electron chi connectivity index (χ1n) is 4.12. The van der Waals surface area contributed by atoms with Gasteiger partial charge in [-0.2, -0.15) is 0 Å². The van der Waals surface area contributed by atoms with Crippen molar-refractivity contribution in [1.29, 1.82) is 0 Å². The number of aromatic nitrogens is 1. The molecule has 2 rings (SSSR count). The van der Waals surface area contributed by atoms with Gasteiger partial charge in [-0.25, -0.2) is 0 Å². The molecule has 0 saturated heterocycles.